The number of carbonyl (C=O) groups excluding carboxylic acids is 1. The second-order valence-corrected chi connectivity index (χ2v) is 4.74. The van der Waals surface area contributed by atoms with Gasteiger partial charge in [0.15, 0.2) is 0 Å². The highest BCUT2D eigenvalue weighted by Gasteiger charge is 2.05. The summed E-state index contributed by atoms with van der Waals surface area (Å²) in [7, 11) is 1.93. The lowest BCUT2D eigenvalue weighted by Gasteiger charge is -2.08. The molecule has 1 aromatic carbocycles. The fourth-order valence-corrected chi connectivity index (χ4v) is 2.33. The number of thioether (sulfide) groups is 1. The summed E-state index contributed by atoms with van der Waals surface area (Å²) in [4.78, 5) is 12.4. The molecule has 0 unspecified atom stereocenters. The van der Waals surface area contributed by atoms with E-state index in [1.807, 2.05) is 14.0 Å². The molecule has 0 saturated carbocycles. The van der Waals surface area contributed by atoms with Gasteiger partial charge in [0, 0.05) is 11.4 Å². The zero-order chi connectivity index (χ0) is 12.7. The maximum Gasteiger partial charge on any atom is 0.316 e. The van der Waals surface area contributed by atoms with Crippen LogP contribution in [-0.2, 0) is 16.1 Å². The van der Waals surface area contributed by atoms with E-state index in [1.54, 1.807) is 0 Å². The number of rotatable bonds is 6. The Morgan fingerprint density at radius 2 is 2.24 bits per heavy atom. The van der Waals surface area contributed by atoms with E-state index in [4.69, 9.17) is 4.74 Å². The Hall–Kier alpha value is -1.00. The maximum atomic E-state index is 11.2. The molecule has 0 spiro atoms. The lowest BCUT2D eigenvalue weighted by atomic mass is 10.1. The second-order valence-electron chi connectivity index (χ2n) is 3.72. The number of benzene rings is 1. The molecule has 0 heterocycles. The minimum absolute atomic E-state index is 0.156. The van der Waals surface area contributed by atoms with Crippen LogP contribution in [0.25, 0.3) is 0 Å². The van der Waals surface area contributed by atoms with E-state index in [1.165, 1.54) is 22.9 Å². The first-order valence-electron chi connectivity index (χ1n) is 5.70. The minimum atomic E-state index is -0.156. The number of hydrogen-bond donors (Lipinski definition) is 1. The molecule has 17 heavy (non-hydrogen) atoms. The Bertz CT molecular complexity index is 380. The third-order valence-corrected chi connectivity index (χ3v) is 3.42. The summed E-state index contributed by atoms with van der Waals surface area (Å²) < 4.78 is 4.90. The van der Waals surface area contributed by atoms with Crippen molar-refractivity contribution in [2.75, 3.05) is 19.4 Å². The van der Waals surface area contributed by atoms with E-state index in [9.17, 15) is 4.79 Å². The smallest absolute Gasteiger partial charge is 0.316 e. The van der Waals surface area contributed by atoms with Crippen LogP contribution in [0.3, 0.4) is 0 Å². The second kappa shape index (κ2) is 7.35. The fraction of sp³-hybridized carbons (Fsp3) is 0.462. The Morgan fingerprint density at radius 1 is 1.47 bits per heavy atom. The highest BCUT2D eigenvalue weighted by Crippen LogP contribution is 2.23. The first kappa shape index (κ1) is 14.1. The molecule has 0 aliphatic carbocycles. The molecule has 1 N–H and O–H groups in total. The molecule has 0 radical (unpaired) electrons. The van der Waals surface area contributed by atoms with Crippen molar-refractivity contribution in [3.63, 3.8) is 0 Å². The van der Waals surface area contributed by atoms with Crippen molar-refractivity contribution in [3.05, 3.63) is 29.3 Å². The Balaban J connectivity index is 2.57. The van der Waals surface area contributed by atoms with Gasteiger partial charge in [-0.25, -0.2) is 0 Å². The number of ether oxygens (including phenoxy) is 1. The minimum Gasteiger partial charge on any atom is -0.465 e. The molecular weight excluding hydrogens is 234 g/mol. The van der Waals surface area contributed by atoms with E-state index >= 15 is 0 Å². The molecular formula is C13H19NO2S. The lowest BCUT2D eigenvalue weighted by molar-refractivity contribution is -0.139. The van der Waals surface area contributed by atoms with E-state index in [2.05, 4.69) is 30.4 Å². The van der Waals surface area contributed by atoms with Gasteiger partial charge in [0.2, 0.25) is 0 Å². The molecule has 0 aromatic heterocycles. The lowest BCUT2D eigenvalue weighted by Crippen LogP contribution is -2.07. The molecule has 4 heteroatoms. The summed E-state index contributed by atoms with van der Waals surface area (Å²) >= 11 is 1.53. The monoisotopic (exact) mass is 253 g/mol. The van der Waals surface area contributed by atoms with Crippen molar-refractivity contribution in [2.24, 2.45) is 0 Å². The van der Waals surface area contributed by atoms with Crippen LogP contribution in [0.1, 0.15) is 18.1 Å². The van der Waals surface area contributed by atoms with Crippen LogP contribution in [0.5, 0.6) is 0 Å². The van der Waals surface area contributed by atoms with Gasteiger partial charge >= 0.3 is 5.97 Å². The van der Waals surface area contributed by atoms with E-state index < -0.39 is 0 Å². The number of nitrogens with one attached hydrogen (secondary N) is 1. The van der Waals surface area contributed by atoms with Gasteiger partial charge in [-0.1, -0.05) is 12.1 Å². The van der Waals surface area contributed by atoms with Crippen molar-refractivity contribution < 1.29 is 9.53 Å². The van der Waals surface area contributed by atoms with Crippen LogP contribution < -0.4 is 5.32 Å². The zero-order valence-electron chi connectivity index (χ0n) is 10.6. The number of esters is 1. The molecule has 94 valence electrons. The van der Waals surface area contributed by atoms with E-state index in [0.29, 0.717) is 12.4 Å². The average molecular weight is 253 g/mol. The summed E-state index contributed by atoms with van der Waals surface area (Å²) in [5.74, 6) is 0.219. The predicted octanol–water partition coefficient (Wildman–Crippen LogP) is 2.37. The molecule has 0 amide bonds. The third kappa shape index (κ3) is 4.79. The normalized spacial score (nSPS) is 10.3. The van der Waals surface area contributed by atoms with Gasteiger partial charge in [-0.3, -0.25) is 4.79 Å². The summed E-state index contributed by atoms with van der Waals surface area (Å²) in [6, 6.07) is 6.28. The van der Waals surface area contributed by atoms with Crippen molar-refractivity contribution in [1.82, 2.24) is 5.32 Å². The van der Waals surface area contributed by atoms with Crippen LogP contribution >= 0.6 is 11.8 Å². The van der Waals surface area contributed by atoms with Gasteiger partial charge in [0.05, 0.1) is 12.4 Å². The Morgan fingerprint density at radius 3 is 2.82 bits per heavy atom. The predicted molar refractivity (Wildman–Crippen MR) is 71.3 cm³/mol. The van der Waals surface area contributed by atoms with E-state index in [-0.39, 0.29) is 5.97 Å². The number of carbonyl (C=O) groups is 1. The molecule has 0 fully saturated rings. The van der Waals surface area contributed by atoms with Crippen LogP contribution in [0.2, 0.25) is 0 Å². The van der Waals surface area contributed by atoms with Gasteiger partial charge in [0.1, 0.15) is 0 Å². The van der Waals surface area contributed by atoms with Crippen LogP contribution in [0, 0.1) is 6.92 Å². The number of hydrogen-bond acceptors (Lipinski definition) is 4. The van der Waals surface area contributed by atoms with Gasteiger partial charge in [-0.2, -0.15) is 0 Å². The Labute approximate surface area is 107 Å². The molecule has 0 bridgehead atoms. The van der Waals surface area contributed by atoms with Crippen molar-refractivity contribution >= 4 is 17.7 Å². The largest absolute Gasteiger partial charge is 0.465 e. The van der Waals surface area contributed by atoms with Gasteiger partial charge in [-0.15, -0.1) is 11.8 Å². The van der Waals surface area contributed by atoms with Gasteiger partial charge < -0.3 is 10.1 Å². The first-order chi connectivity index (χ1) is 8.17. The topological polar surface area (TPSA) is 38.3 Å². The SMILES string of the molecule is CCOC(=O)CSc1ccc(CNC)cc1C. The summed E-state index contributed by atoms with van der Waals surface area (Å²) in [6.45, 7) is 5.19. The maximum absolute atomic E-state index is 11.2. The zero-order valence-corrected chi connectivity index (χ0v) is 11.4. The van der Waals surface area contributed by atoms with Crippen molar-refractivity contribution in [1.29, 1.82) is 0 Å². The molecule has 3 nitrogen and oxygen atoms in total. The molecule has 0 saturated heterocycles. The van der Waals surface area contributed by atoms with E-state index in [0.717, 1.165) is 11.4 Å². The van der Waals surface area contributed by atoms with Gasteiger partial charge in [0.25, 0.3) is 0 Å². The summed E-state index contributed by atoms with van der Waals surface area (Å²) in [6.07, 6.45) is 0. The molecule has 1 aromatic rings. The molecule has 0 aliphatic rings. The number of aryl methyl sites for hydroxylation is 1. The Kier molecular flexibility index (Phi) is 6.08. The molecule has 0 aliphatic heterocycles. The van der Waals surface area contributed by atoms with Crippen LogP contribution in [0.4, 0.5) is 0 Å². The molecule has 0 atom stereocenters. The standard InChI is InChI=1S/C13H19NO2S/c1-4-16-13(15)9-17-12-6-5-11(8-14-3)7-10(12)2/h5-7,14H,4,8-9H2,1-3H3. The van der Waals surface area contributed by atoms with Crippen molar-refractivity contribution in [2.45, 2.75) is 25.3 Å². The fourth-order valence-electron chi connectivity index (χ4n) is 1.53. The first-order valence-corrected chi connectivity index (χ1v) is 6.68. The highest BCUT2D eigenvalue weighted by atomic mass is 32.2. The van der Waals surface area contributed by atoms with Crippen molar-refractivity contribution in [3.8, 4) is 0 Å². The summed E-state index contributed by atoms with van der Waals surface area (Å²) in [5.41, 5.74) is 2.46. The van der Waals surface area contributed by atoms with Crippen LogP contribution in [-0.4, -0.2) is 25.4 Å². The molecule has 1 rings (SSSR count). The van der Waals surface area contributed by atoms with Gasteiger partial charge in [-0.05, 0) is 38.1 Å². The average Bonchev–Trinajstić information content (AvgIpc) is 2.29. The third-order valence-electron chi connectivity index (χ3n) is 2.27. The highest BCUT2D eigenvalue weighted by molar-refractivity contribution is 8.00. The van der Waals surface area contributed by atoms with Crippen LogP contribution in [0.15, 0.2) is 23.1 Å². The quantitative estimate of drug-likeness (QED) is 0.624. The summed E-state index contributed by atoms with van der Waals surface area (Å²) in [5, 5.41) is 3.12.